The molecule has 1 aliphatic rings. The first-order valence-electron chi connectivity index (χ1n) is 8.67. The summed E-state index contributed by atoms with van der Waals surface area (Å²) in [6, 6.07) is 3.63. The van der Waals surface area contributed by atoms with Crippen molar-refractivity contribution in [3.63, 3.8) is 0 Å². The number of methoxy groups -OCH3 is 1. The molecule has 1 heterocycles. The molecule has 132 valence electrons. The van der Waals surface area contributed by atoms with Crippen LogP contribution in [0.4, 0.5) is 5.69 Å². The number of carbonyl (C=O) groups is 2. The third-order valence-corrected chi connectivity index (χ3v) is 5.16. The Labute approximate surface area is 144 Å². The molecule has 1 aromatic rings. The predicted molar refractivity (Wildman–Crippen MR) is 95.1 cm³/mol. The van der Waals surface area contributed by atoms with Crippen LogP contribution in [0.3, 0.4) is 0 Å². The highest BCUT2D eigenvalue weighted by Gasteiger charge is 2.39. The van der Waals surface area contributed by atoms with Gasteiger partial charge in [0.15, 0.2) is 6.04 Å². The van der Waals surface area contributed by atoms with Crippen molar-refractivity contribution in [2.75, 3.05) is 32.6 Å². The van der Waals surface area contributed by atoms with Crippen LogP contribution in [0.1, 0.15) is 47.7 Å². The zero-order valence-electron chi connectivity index (χ0n) is 15.4. The van der Waals surface area contributed by atoms with Gasteiger partial charge in [-0.1, -0.05) is 13.0 Å². The Bertz CT molecular complexity index is 634. The van der Waals surface area contributed by atoms with Gasteiger partial charge in [-0.2, -0.15) is 0 Å². The third kappa shape index (κ3) is 3.61. The average molecular weight is 333 g/mol. The Morgan fingerprint density at radius 3 is 2.42 bits per heavy atom. The number of nitrogens with zero attached hydrogens (tertiary/aromatic N) is 1. The van der Waals surface area contributed by atoms with Crippen molar-refractivity contribution in [1.29, 1.82) is 0 Å². The number of likely N-dealkylation sites (N-methyl/N-ethyl adjacent to an activating group) is 1. The van der Waals surface area contributed by atoms with E-state index in [1.807, 2.05) is 19.9 Å². The predicted octanol–water partition coefficient (Wildman–Crippen LogP) is 3.05. The van der Waals surface area contributed by atoms with E-state index in [0.717, 1.165) is 48.0 Å². The van der Waals surface area contributed by atoms with Gasteiger partial charge in [0.2, 0.25) is 0 Å². The highest BCUT2D eigenvalue weighted by atomic mass is 16.5. The molecule has 1 unspecified atom stereocenters. The molecule has 24 heavy (non-hydrogen) atoms. The second kappa shape index (κ2) is 7.34. The van der Waals surface area contributed by atoms with Crippen molar-refractivity contribution in [1.82, 2.24) is 0 Å². The normalized spacial score (nSPS) is 17.4. The first kappa shape index (κ1) is 18.5. The number of ether oxygens (including phenoxy) is 1. The number of likely N-dealkylation sites (tertiary alicyclic amines) is 1. The molecule has 1 amide bonds. The zero-order valence-corrected chi connectivity index (χ0v) is 15.4. The van der Waals surface area contributed by atoms with Gasteiger partial charge in [0, 0.05) is 19.3 Å². The summed E-state index contributed by atoms with van der Waals surface area (Å²) < 4.78 is 5.66. The molecule has 1 fully saturated rings. The quantitative estimate of drug-likeness (QED) is 0.665. The van der Waals surface area contributed by atoms with Gasteiger partial charge in [-0.05, 0) is 31.0 Å². The minimum Gasteiger partial charge on any atom is -0.465 e. The number of hydrogen-bond donors (Lipinski definition) is 1. The lowest BCUT2D eigenvalue weighted by Gasteiger charge is -2.36. The van der Waals surface area contributed by atoms with Crippen molar-refractivity contribution in [3.8, 4) is 0 Å². The number of benzene rings is 1. The zero-order chi connectivity index (χ0) is 17.9. The summed E-state index contributed by atoms with van der Waals surface area (Å²) in [5.74, 6) is -0.439. The smallest absolute Gasteiger partial charge is 0.339 e. The molecule has 0 saturated carbocycles. The van der Waals surface area contributed by atoms with Crippen molar-refractivity contribution in [3.05, 3.63) is 28.8 Å². The molecule has 1 atom stereocenters. The summed E-state index contributed by atoms with van der Waals surface area (Å²) in [5, 5.41) is 3.02. The molecule has 0 spiro atoms. The molecule has 1 N–H and O–H groups in total. The second-order valence-corrected chi connectivity index (χ2v) is 7.04. The Kier molecular flexibility index (Phi) is 5.65. The molecule has 0 aliphatic carbocycles. The molecule has 5 nitrogen and oxygen atoms in total. The van der Waals surface area contributed by atoms with Gasteiger partial charge < -0.3 is 14.5 Å². The minimum absolute atomic E-state index is 0.0148. The van der Waals surface area contributed by atoms with E-state index in [0.29, 0.717) is 11.3 Å². The van der Waals surface area contributed by atoms with E-state index in [9.17, 15) is 9.59 Å². The highest BCUT2D eigenvalue weighted by molar-refractivity contribution is 6.03. The topological polar surface area (TPSA) is 55.4 Å². The van der Waals surface area contributed by atoms with Gasteiger partial charge >= 0.3 is 5.97 Å². The maximum Gasteiger partial charge on any atom is 0.339 e. The maximum atomic E-state index is 13.0. The van der Waals surface area contributed by atoms with E-state index in [-0.39, 0.29) is 11.9 Å². The Morgan fingerprint density at radius 2 is 1.88 bits per heavy atom. The maximum absolute atomic E-state index is 13.0. The van der Waals surface area contributed by atoms with Crippen LogP contribution in [0.15, 0.2) is 12.1 Å². The van der Waals surface area contributed by atoms with E-state index >= 15 is 0 Å². The summed E-state index contributed by atoms with van der Waals surface area (Å²) in [6.07, 6.45) is 3.11. The van der Waals surface area contributed by atoms with Gasteiger partial charge in [-0.15, -0.1) is 0 Å². The van der Waals surface area contributed by atoms with Gasteiger partial charge in [0.05, 0.1) is 38.5 Å². The summed E-state index contributed by atoms with van der Waals surface area (Å²) in [6.45, 7) is 7.94. The van der Waals surface area contributed by atoms with Crippen LogP contribution in [-0.2, 0) is 9.53 Å². The van der Waals surface area contributed by atoms with Crippen LogP contribution in [0.5, 0.6) is 0 Å². The van der Waals surface area contributed by atoms with Crippen LogP contribution >= 0.6 is 0 Å². The van der Waals surface area contributed by atoms with Crippen molar-refractivity contribution in [2.45, 2.75) is 46.1 Å². The molecule has 1 saturated heterocycles. The van der Waals surface area contributed by atoms with Crippen molar-refractivity contribution in [2.24, 2.45) is 0 Å². The first-order valence-corrected chi connectivity index (χ1v) is 8.67. The van der Waals surface area contributed by atoms with Crippen LogP contribution in [0, 0.1) is 13.8 Å². The molecule has 0 aromatic heterocycles. The third-order valence-electron chi connectivity index (χ3n) is 5.16. The highest BCUT2D eigenvalue weighted by Crippen LogP contribution is 2.27. The van der Waals surface area contributed by atoms with Gasteiger partial charge in [-0.3, -0.25) is 4.79 Å². The van der Waals surface area contributed by atoms with Crippen LogP contribution in [0.2, 0.25) is 0 Å². The summed E-state index contributed by atoms with van der Waals surface area (Å²) in [7, 11) is 3.51. The number of carbonyl (C=O) groups excluding carboxylic acids is 2. The molecular weight excluding hydrogens is 304 g/mol. The fraction of sp³-hybridized carbons (Fsp3) is 0.579. The number of anilines is 1. The number of amides is 1. The van der Waals surface area contributed by atoms with Gasteiger partial charge in [0.25, 0.3) is 5.91 Å². The largest absolute Gasteiger partial charge is 0.465 e. The summed E-state index contributed by atoms with van der Waals surface area (Å²) >= 11 is 0. The minimum atomic E-state index is -0.424. The Hall–Kier alpha value is -1.88. The number of quaternary nitrogens is 1. The fourth-order valence-electron chi connectivity index (χ4n) is 3.89. The van der Waals surface area contributed by atoms with Crippen LogP contribution in [-0.4, -0.2) is 49.6 Å². The molecule has 0 bridgehead atoms. The Morgan fingerprint density at radius 1 is 1.25 bits per heavy atom. The van der Waals surface area contributed by atoms with E-state index in [2.05, 4.69) is 19.3 Å². The first-order chi connectivity index (χ1) is 11.3. The molecule has 1 aromatic carbocycles. The van der Waals surface area contributed by atoms with E-state index in [1.165, 1.54) is 7.11 Å². The van der Waals surface area contributed by atoms with Crippen molar-refractivity contribution < 1.29 is 18.8 Å². The molecule has 2 rings (SSSR count). The second-order valence-electron chi connectivity index (χ2n) is 7.04. The fourth-order valence-corrected chi connectivity index (χ4v) is 3.89. The number of esters is 1. The molecular formula is C19H29N2O3+. The molecule has 5 heteroatoms. The lowest BCUT2D eigenvalue weighted by molar-refractivity contribution is -0.913. The van der Waals surface area contributed by atoms with E-state index in [1.54, 1.807) is 6.07 Å². The monoisotopic (exact) mass is 333 g/mol. The van der Waals surface area contributed by atoms with Crippen molar-refractivity contribution >= 4 is 17.6 Å². The SMILES string of the molecule is CCC(C(=O)Nc1c(C)cc(C)cc1C(=O)OC)[N+]1(C)CCCC1. The number of hydrogen-bond acceptors (Lipinski definition) is 3. The number of rotatable bonds is 5. The van der Waals surface area contributed by atoms with Gasteiger partial charge in [-0.25, -0.2) is 4.79 Å². The van der Waals surface area contributed by atoms with E-state index in [4.69, 9.17) is 4.74 Å². The number of nitrogens with one attached hydrogen (secondary N) is 1. The van der Waals surface area contributed by atoms with Gasteiger partial charge in [0.1, 0.15) is 0 Å². The lowest BCUT2D eigenvalue weighted by atomic mass is 10.0. The Balaban J connectivity index is 2.32. The summed E-state index contributed by atoms with van der Waals surface area (Å²) in [5.41, 5.74) is 2.84. The molecule has 0 radical (unpaired) electrons. The van der Waals surface area contributed by atoms with Crippen LogP contribution < -0.4 is 5.32 Å². The van der Waals surface area contributed by atoms with E-state index < -0.39 is 5.97 Å². The van der Waals surface area contributed by atoms with Crippen LogP contribution in [0.25, 0.3) is 0 Å². The summed E-state index contributed by atoms with van der Waals surface area (Å²) in [4.78, 5) is 25.1. The molecule has 1 aliphatic heterocycles. The standard InChI is InChI=1S/C19H28N2O3/c1-6-16(21(4)9-7-8-10-21)18(22)20-17-14(3)11-13(2)12-15(17)19(23)24-5/h11-12,16H,6-10H2,1-5H3/p+1. The lowest BCUT2D eigenvalue weighted by Crippen LogP contribution is -2.55. The average Bonchev–Trinajstić information content (AvgIpc) is 2.96. The number of aryl methyl sites for hydroxylation is 2.